The van der Waals surface area contributed by atoms with Crippen molar-refractivity contribution in [2.75, 3.05) is 5.32 Å². The Kier molecular flexibility index (Phi) is 3.24. The molecule has 1 unspecified atom stereocenters. The van der Waals surface area contributed by atoms with Crippen molar-refractivity contribution in [2.24, 2.45) is 0 Å². The van der Waals surface area contributed by atoms with E-state index in [0.717, 1.165) is 5.56 Å². The summed E-state index contributed by atoms with van der Waals surface area (Å²) < 4.78 is 14.1. The molecule has 4 heteroatoms. The Balaban J connectivity index is 2.00. The summed E-state index contributed by atoms with van der Waals surface area (Å²) in [5.74, 6) is -0.615. The molecule has 3 rings (SSSR count). The highest BCUT2D eigenvalue weighted by atomic mass is 19.1. The Labute approximate surface area is 116 Å². The van der Waals surface area contributed by atoms with E-state index in [4.69, 9.17) is 0 Å². The van der Waals surface area contributed by atoms with Crippen LogP contribution in [0.1, 0.15) is 29.2 Å². The maximum atomic E-state index is 14.1. The number of hydrogen-bond acceptors (Lipinski definition) is 2. The molecule has 1 amide bonds. The monoisotopic (exact) mass is 271 g/mol. The van der Waals surface area contributed by atoms with E-state index in [9.17, 15) is 14.3 Å². The van der Waals surface area contributed by atoms with Gasteiger partial charge in [-0.15, -0.1) is 0 Å². The van der Waals surface area contributed by atoms with Crippen molar-refractivity contribution in [1.82, 2.24) is 0 Å². The lowest BCUT2D eigenvalue weighted by Gasteiger charge is -2.20. The fourth-order valence-corrected chi connectivity index (χ4v) is 2.45. The SMILES string of the molecule is O=C1CCc2cc(C(O)c3ccccc3)c(F)cc2N1. The van der Waals surface area contributed by atoms with Gasteiger partial charge in [0, 0.05) is 17.7 Å². The number of carbonyl (C=O) groups excluding carboxylic acids is 1. The van der Waals surface area contributed by atoms with Crippen LogP contribution >= 0.6 is 0 Å². The van der Waals surface area contributed by atoms with Gasteiger partial charge in [0.1, 0.15) is 11.9 Å². The van der Waals surface area contributed by atoms with Crippen LogP contribution < -0.4 is 5.32 Å². The van der Waals surface area contributed by atoms with Crippen LogP contribution in [-0.2, 0) is 11.2 Å². The Morgan fingerprint density at radius 3 is 2.65 bits per heavy atom. The summed E-state index contributed by atoms with van der Waals surface area (Å²) >= 11 is 0. The van der Waals surface area contributed by atoms with E-state index < -0.39 is 11.9 Å². The lowest BCUT2D eigenvalue weighted by molar-refractivity contribution is -0.116. The number of hydrogen-bond donors (Lipinski definition) is 2. The number of aliphatic hydroxyl groups excluding tert-OH is 1. The van der Waals surface area contributed by atoms with Crippen molar-refractivity contribution in [2.45, 2.75) is 18.9 Å². The van der Waals surface area contributed by atoms with Crippen molar-refractivity contribution >= 4 is 11.6 Å². The topological polar surface area (TPSA) is 49.3 Å². The number of halogens is 1. The summed E-state index contributed by atoms with van der Waals surface area (Å²) in [7, 11) is 0. The van der Waals surface area contributed by atoms with Gasteiger partial charge in [0.15, 0.2) is 0 Å². The Hall–Kier alpha value is -2.20. The van der Waals surface area contributed by atoms with Gasteiger partial charge in [-0.2, -0.15) is 0 Å². The van der Waals surface area contributed by atoms with Gasteiger partial charge in [0.05, 0.1) is 0 Å². The predicted octanol–water partition coefficient (Wildman–Crippen LogP) is 2.79. The standard InChI is InChI=1S/C16H14FNO2/c17-13-9-14-11(6-7-15(19)18-14)8-12(13)16(20)10-4-2-1-3-5-10/h1-5,8-9,16,20H,6-7H2,(H,18,19). The Bertz CT molecular complexity index is 655. The average Bonchev–Trinajstić information content (AvgIpc) is 2.46. The summed E-state index contributed by atoms with van der Waals surface area (Å²) in [5, 5.41) is 12.9. The van der Waals surface area contributed by atoms with Crippen molar-refractivity contribution in [1.29, 1.82) is 0 Å². The van der Waals surface area contributed by atoms with Crippen LogP contribution in [-0.4, -0.2) is 11.0 Å². The highest BCUT2D eigenvalue weighted by Gasteiger charge is 2.21. The molecule has 0 saturated carbocycles. The number of aryl methyl sites for hydroxylation is 1. The average molecular weight is 271 g/mol. The number of benzene rings is 2. The highest BCUT2D eigenvalue weighted by molar-refractivity contribution is 5.93. The summed E-state index contributed by atoms with van der Waals surface area (Å²) in [5.41, 5.74) is 2.25. The molecule has 0 fully saturated rings. The molecule has 0 aliphatic carbocycles. The second-order valence-electron chi connectivity index (χ2n) is 4.89. The van der Waals surface area contributed by atoms with Gasteiger partial charge in [-0.1, -0.05) is 30.3 Å². The van der Waals surface area contributed by atoms with Crippen molar-refractivity contribution in [3.63, 3.8) is 0 Å². The molecule has 0 spiro atoms. The first-order valence-electron chi connectivity index (χ1n) is 6.50. The van der Waals surface area contributed by atoms with Crippen LogP contribution in [0.15, 0.2) is 42.5 Å². The maximum Gasteiger partial charge on any atom is 0.224 e. The van der Waals surface area contributed by atoms with Crippen LogP contribution in [0.5, 0.6) is 0 Å². The van der Waals surface area contributed by atoms with Gasteiger partial charge in [0.25, 0.3) is 0 Å². The van der Waals surface area contributed by atoms with E-state index in [1.54, 1.807) is 30.3 Å². The van der Waals surface area contributed by atoms with Crippen LogP contribution in [0.3, 0.4) is 0 Å². The number of anilines is 1. The molecular formula is C16H14FNO2. The molecule has 1 aliphatic heterocycles. The fourth-order valence-electron chi connectivity index (χ4n) is 2.45. The molecule has 3 nitrogen and oxygen atoms in total. The molecule has 0 radical (unpaired) electrons. The molecular weight excluding hydrogens is 257 g/mol. The predicted molar refractivity (Wildman–Crippen MR) is 73.9 cm³/mol. The van der Waals surface area contributed by atoms with Crippen LogP contribution in [0.2, 0.25) is 0 Å². The molecule has 2 aromatic rings. The number of carbonyl (C=O) groups is 1. The Morgan fingerprint density at radius 2 is 1.90 bits per heavy atom. The molecule has 1 heterocycles. The molecule has 102 valence electrons. The van der Waals surface area contributed by atoms with Crippen molar-refractivity contribution in [3.8, 4) is 0 Å². The van der Waals surface area contributed by atoms with Gasteiger partial charge >= 0.3 is 0 Å². The zero-order valence-corrected chi connectivity index (χ0v) is 10.8. The molecule has 2 aromatic carbocycles. The molecule has 1 atom stereocenters. The number of nitrogens with one attached hydrogen (secondary N) is 1. The molecule has 0 bridgehead atoms. The normalized spacial score (nSPS) is 15.4. The summed E-state index contributed by atoms with van der Waals surface area (Å²) in [6.07, 6.45) is -0.0470. The first kappa shape index (κ1) is 12.8. The van der Waals surface area contributed by atoms with Crippen molar-refractivity contribution in [3.05, 3.63) is 65.0 Å². The zero-order valence-electron chi connectivity index (χ0n) is 10.8. The third-order valence-electron chi connectivity index (χ3n) is 3.53. The van der Waals surface area contributed by atoms with Gasteiger partial charge in [-0.3, -0.25) is 4.79 Å². The second kappa shape index (κ2) is 5.06. The minimum absolute atomic E-state index is 0.103. The maximum absolute atomic E-state index is 14.1. The first-order chi connectivity index (χ1) is 9.65. The molecule has 1 aliphatic rings. The van der Waals surface area contributed by atoms with Crippen LogP contribution in [0.25, 0.3) is 0 Å². The Morgan fingerprint density at radius 1 is 1.15 bits per heavy atom. The minimum Gasteiger partial charge on any atom is -0.384 e. The minimum atomic E-state index is -1.00. The third kappa shape index (κ3) is 2.30. The summed E-state index contributed by atoms with van der Waals surface area (Å²) in [6, 6.07) is 11.9. The molecule has 0 aromatic heterocycles. The van der Waals surface area contributed by atoms with Crippen LogP contribution in [0.4, 0.5) is 10.1 Å². The number of rotatable bonds is 2. The third-order valence-corrected chi connectivity index (χ3v) is 3.53. The first-order valence-corrected chi connectivity index (χ1v) is 6.50. The van der Waals surface area contributed by atoms with Crippen LogP contribution in [0, 0.1) is 5.82 Å². The van der Waals surface area contributed by atoms with Gasteiger partial charge < -0.3 is 10.4 Å². The smallest absolute Gasteiger partial charge is 0.224 e. The number of amides is 1. The molecule has 20 heavy (non-hydrogen) atoms. The van der Waals surface area contributed by atoms with Crippen molar-refractivity contribution < 1.29 is 14.3 Å². The van der Waals surface area contributed by atoms with E-state index >= 15 is 0 Å². The van der Waals surface area contributed by atoms with E-state index in [0.29, 0.717) is 24.1 Å². The summed E-state index contributed by atoms with van der Waals surface area (Å²) in [6.45, 7) is 0. The van der Waals surface area contributed by atoms with E-state index in [2.05, 4.69) is 5.32 Å². The quantitative estimate of drug-likeness (QED) is 0.882. The highest BCUT2D eigenvalue weighted by Crippen LogP contribution is 2.31. The fraction of sp³-hybridized carbons (Fsp3) is 0.188. The van der Waals surface area contributed by atoms with Gasteiger partial charge in [-0.25, -0.2) is 4.39 Å². The van der Waals surface area contributed by atoms with Gasteiger partial charge in [-0.05, 0) is 29.7 Å². The number of aliphatic hydroxyl groups is 1. The zero-order chi connectivity index (χ0) is 14.1. The summed E-state index contributed by atoms with van der Waals surface area (Å²) in [4.78, 5) is 11.3. The lowest BCUT2D eigenvalue weighted by Crippen LogP contribution is -2.20. The molecule has 2 N–H and O–H groups in total. The van der Waals surface area contributed by atoms with E-state index in [1.807, 2.05) is 6.07 Å². The molecule has 0 saturated heterocycles. The van der Waals surface area contributed by atoms with Gasteiger partial charge in [0.2, 0.25) is 5.91 Å². The van der Waals surface area contributed by atoms with E-state index in [-0.39, 0.29) is 11.5 Å². The van der Waals surface area contributed by atoms with E-state index in [1.165, 1.54) is 6.07 Å². The number of fused-ring (bicyclic) bond motifs is 1. The second-order valence-corrected chi connectivity index (χ2v) is 4.89. The lowest BCUT2D eigenvalue weighted by atomic mass is 9.95. The largest absolute Gasteiger partial charge is 0.384 e.